The molecule has 4 nitrogen and oxygen atoms in total. The normalized spacial score (nSPS) is 6.67. The first-order valence-electron chi connectivity index (χ1n) is 1.17. The van der Waals surface area contributed by atoms with Crippen LogP contribution in [-0.2, 0) is 22.4 Å². The molecule has 1 aromatic rings. The number of H-pyrrole nitrogens is 1. The first-order valence-corrected chi connectivity index (χ1v) is 1.17. The summed E-state index contributed by atoms with van der Waals surface area (Å²) in [6, 6.07) is 0. The van der Waals surface area contributed by atoms with Gasteiger partial charge in [-0.05, 0) is 10.4 Å². The van der Waals surface area contributed by atoms with E-state index in [0.29, 0.717) is 0 Å². The van der Waals surface area contributed by atoms with Crippen LogP contribution in [0.25, 0.3) is 0 Å². The van der Waals surface area contributed by atoms with Crippen molar-refractivity contribution in [2.75, 3.05) is 0 Å². The first-order chi connectivity index (χ1) is 2.50. The van der Waals surface area contributed by atoms with E-state index in [1.165, 1.54) is 6.33 Å². The van der Waals surface area contributed by atoms with Gasteiger partial charge in [-0.1, -0.05) is 0 Å². The summed E-state index contributed by atoms with van der Waals surface area (Å²) in [5.41, 5.74) is 0. The summed E-state index contributed by atoms with van der Waals surface area (Å²) in [5.74, 6) is 0. The van der Waals surface area contributed by atoms with Gasteiger partial charge in [0.15, 0.2) is 0 Å². The van der Waals surface area contributed by atoms with Crippen molar-refractivity contribution in [3.63, 3.8) is 0 Å². The van der Waals surface area contributed by atoms with Crippen LogP contribution in [0, 0.1) is 0 Å². The molecule has 0 spiro atoms. The minimum Gasteiger partial charge on any atom is -0.246 e. The Hall–Kier alpha value is -0.190. The van der Waals surface area contributed by atoms with E-state index in [2.05, 4.69) is 20.6 Å². The van der Waals surface area contributed by atoms with Gasteiger partial charge < -0.3 is 0 Å². The Morgan fingerprint density at radius 1 is 1.50 bits per heavy atom. The van der Waals surface area contributed by atoms with Gasteiger partial charge in [-0.25, -0.2) is 5.10 Å². The van der Waals surface area contributed by atoms with E-state index in [1.54, 1.807) is 0 Å². The Kier molecular flexibility index (Phi) is 2.92. The minimum atomic E-state index is 0. The van der Waals surface area contributed by atoms with E-state index < -0.39 is 0 Å². The van der Waals surface area contributed by atoms with Crippen molar-refractivity contribution >= 4 is 0 Å². The molecule has 0 amide bonds. The Balaban J connectivity index is 0.000000250. The van der Waals surface area contributed by atoms with Gasteiger partial charge in [0.1, 0.15) is 6.33 Å². The van der Waals surface area contributed by atoms with Gasteiger partial charge in [0.05, 0.1) is 0 Å². The van der Waals surface area contributed by atoms with Crippen molar-refractivity contribution in [1.29, 1.82) is 0 Å². The summed E-state index contributed by atoms with van der Waals surface area (Å²) in [4.78, 5) is 0. The standard InChI is InChI=1S/CH2N4.Ag/c1-2-4-5-3-1;/h1H,(H,2,3,4,5);. The number of hydrogen-bond acceptors (Lipinski definition) is 3. The molecule has 0 aliphatic rings. The fourth-order valence-corrected chi connectivity index (χ4v) is 0.129. The number of rotatable bonds is 0. The van der Waals surface area contributed by atoms with Crippen LogP contribution in [0.2, 0.25) is 0 Å². The maximum absolute atomic E-state index is 3.31. The molecule has 1 heterocycles. The smallest absolute Gasteiger partial charge is 0.135 e. The molecule has 37 valence electrons. The molecule has 5 heteroatoms. The SMILES string of the molecule is [Ag].c1nnn[nH]1. The van der Waals surface area contributed by atoms with Crippen molar-refractivity contribution in [1.82, 2.24) is 20.6 Å². The van der Waals surface area contributed by atoms with Crippen molar-refractivity contribution in [2.24, 2.45) is 0 Å². The molecule has 0 saturated carbocycles. The quantitative estimate of drug-likeness (QED) is 0.529. The fourth-order valence-electron chi connectivity index (χ4n) is 0.129. The first kappa shape index (κ1) is 5.81. The van der Waals surface area contributed by atoms with E-state index >= 15 is 0 Å². The maximum Gasteiger partial charge on any atom is 0.135 e. The second kappa shape index (κ2) is 3.02. The summed E-state index contributed by atoms with van der Waals surface area (Å²) in [6.07, 6.45) is 1.40. The van der Waals surface area contributed by atoms with Crippen LogP contribution in [-0.4, -0.2) is 20.6 Å². The molecular formula is CH2AgN4. The van der Waals surface area contributed by atoms with Crippen LogP contribution >= 0.6 is 0 Å². The van der Waals surface area contributed by atoms with E-state index in [-0.39, 0.29) is 22.4 Å². The van der Waals surface area contributed by atoms with Gasteiger partial charge in [-0.15, -0.1) is 5.10 Å². The van der Waals surface area contributed by atoms with Crippen molar-refractivity contribution < 1.29 is 22.4 Å². The summed E-state index contributed by atoms with van der Waals surface area (Å²) < 4.78 is 0. The van der Waals surface area contributed by atoms with Gasteiger partial charge in [-0.2, -0.15) is 0 Å². The zero-order chi connectivity index (χ0) is 3.54. The molecule has 0 atom stereocenters. The minimum absolute atomic E-state index is 0. The molecule has 0 aliphatic heterocycles. The maximum atomic E-state index is 3.31. The average molecular weight is 178 g/mol. The molecular weight excluding hydrogens is 176 g/mol. The van der Waals surface area contributed by atoms with E-state index in [9.17, 15) is 0 Å². The molecule has 1 N–H and O–H groups in total. The summed E-state index contributed by atoms with van der Waals surface area (Å²) in [7, 11) is 0. The Morgan fingerprint density at radius 2 is 2.33 bits per heavy atom. The zero-order valence-corrected chi connectivity index (χ0v) is 4.20. The molecule has 6 heavy (non-hydrogen) atoms. The van der Waals surface area contributed by atoms with Crippen LogP contribution in [0.4, 0.5) is 0 Å². The van der Waals surface area contributed by atoms with Gasteiger partial charge >= 0.3 is 0 Å². The largest absolute Gasteiger partial charge is 0.246 e. The molecule has 1 radical (unpaired) electrons. The molecule has 0 aliphatic carbocycles. The second-order valence-corrected chi connectivity index (χ2v) is 0.563. The third kappa shape index (κ3) is 1.30. The van der Waals surface area contributed by atoms with Crippen LogP contribution in [0.3, 0.4) is 0 Å². The number of nitrogens with one attached hydrogen (secondary N) is 1. The number of nitrogens with zero attached hydrogens (tertiary/aromatic N) is 3. The van der Waals surface area contributed by atoms with Crippen LogP contribution in [0.5, 0.6) is 0 Å². The fraction of sp³-hybridized carbons (Fsp3) is 0. The monoisotopic (exact) mass is 177 g/mol. The Labute approximate surface area is 49.8 Å². The third-order valence-corrected chi connectivity index (χ3v) is 0.270. The van der Waals surface area contributed by atoms with E-state index in [1.807, 2.05) is 0 Å². The van der Waals surface area contributed by atoms with Crippen molar-refractivity contribution in [3.8, 4) is 0 Å². The molecule has 0 bridgehead atoms. The van der Waals surface area contributed by atoms with E-state index in [4.69, 9.17) is 0 Å². The predicted octanol–water partition coefficient (Wildman–Crippen LogP) is -0.803. The van der Waals surface area contributed by atoms with Gasteiger partial charge in [-0.3, -0.25) is 0 Å². The number of tetrazole rings is 1. The average Bonchev–Trinajstić information content (AvgIpc) is 1.76. The zero-order valence-electron chi connectivity index (χ0n) is 2.72. The number of aromatic nitrogens is 4. The van der Waals surface area contributed by atoms with E-state index in [0.717, 1.165) is 0 Å². The van der Waals surface area contributed by atoms with Gasteiger partial charge in [0.2, 0.25) is 0 Å². The third-order valence-electron chi connectivity index (χ3n) is 0.270. The molecule has 0 fully saturated rings. The summed E-state index contributed by atoms with van der Waals surface area (Å²) >= 11 is 0. The summed E-state index contributed by atoms with van der Waals surface area (Å²) in [5, 5.41) is 12.1. The van der Waals surface area contributed by atoms with Crippen LogP contribution < -0.4 is 0 Å². The molecule has 0 unspecified atom stereocenters. The van der Waals surface area contributed by atoms with Gasteiger partial charge in [0, 0.05) is 22.4 Å². The molecule has 1 rings (SSSR count). The summed E-state index contributed by atoms with van der Waals surface area (Å²) in [6.45, 7) is 0. The molecule has 1 aromatic heterocycles. The van der Waals surface area contributed by atoms with Crippen LogP contribution in [0.15, 0.2) is 6.33 Å². The Morgan fingerprint density at radius 3 is 2.50 bits per heavy atom. The molecule has 0 aromatic carbocycles. The predicted molar refractivity (Wildman–Crippen MR) is 14.2 cm³/mol. The van der Waals surface area contributed by atoms with Crippen molar-refractivity contribution in [3.05, 3.63) is 6.33 Å². The number of hydrogen-bond donors (Lipinski definition) is 1. The molecule has 0 saturated heterocycles. The van der Waals surface area contributed by atoms with Crippen LogP contribution in [0.1, 0.15) is 0 Å². The second-order valence-electron chi connectivity index (χ2n) is 0.563. The topological polar surface area (TPSA) is 54.5 Å². The van der Waals surface area contributed by atoms with Gasteiger partial charge in [0.25, 0.3) is 0 Å². The number of aromatic amines is 1. The Bertz CT molecular complexity index is 64.0. The van der Waals surface area contributed by atoms with Crippen molar-refractivity contribution in [2.45, 2.75) is 0 Å².